The largest absolute Gasteiger partial charge is 0.339 e. The van der Waals surface area contributed by atoms with Crippen LogP contribution in [-0.4, -0.2) is 39.6 Å². The van der Waals surface area contributed by atoms with Gasteiger partial charge in [0.1, 0.15) is 0 Å². The molecule has 7 heteroatoms. The number of nitrogens with one attached hydrogen (secondary N) is 1. The van der Waals surface area contributed by atoms with Gasteiger partial charge in [0.15, 0.2) is 5.69 Å². The fourth-order valence-corrected chi connectivity index (χ4v) is 3.89. The molecule has 1 fully saturated rings. The summed E-state index contributed by atoms with van der Waals surface area (Å²) < 4.78 is 1.29. The van der Waals surface area contributed by atoms with Gasteiger partial charge in [0, 0.05) is 36.3 Å². The summed E-state index contributed by atoms with van der Waals surface area (Å²) in [7, 11) is 0. The Hall–Kier alpha value is -3.48. The maximum absolute atomic E-state index is 13.1. The van der Waals surface area contributed by atoms with Crippen LogP contribution in [-0.2, 0) is 6.54 Å². The van der Waals surface area contributed by atoms with Crippen molar-refractivity contribution in [3.63, 3.8) is 0 Å². The number of carbonyl (C=O) groups is 2. The lowest BCUT2D eigenvalue weighted by Crippen LogP contribution is -2.29. The van der Waals surface area contributed by atoms with Gasteiger partial charge in [0.25, 0.3) is 17.4 Å². The fourth-order valence-electron chi connectivity index (χ4n) is 3.89. The molecule has 0 unspecified atom stereocenters. The van der Waals surface area contributed by atoms with Crippen molar-refractivity contribution in [3.05, 3.63) is 69.6 Å². The van der Waals surface area contributed by atoms with E-state index >= 15 is 0 Å². The first-order valence-electron chi connectivity index (χ1n) is 10.2. The third-order valence-corrected chi connectivity index (χ3v) is 5.59. The van der Waals surface area contributed by atoms with Crippen LogP contribution < -0.4 is 10.9 Å². The summed E-state index contributed by atoms with van der Waals surface area (Å²) >= 11 is 0. The van der Waals surface area contributed by atoms with Gasteiger partial charge in [-0.25, -0.2) is 4.68 Å². The first-order valence-corrected chi connectivity index (χ1v) is 10.2. The highest BCUT2D eigenvalue weighted by atomic mass is 16.2. The van der Waals surface area contributed by atoms with Crippen LogP contribution in [0.3, 0.4) is 0 Å². The number of hydrogen-bond acceptors (Lipinski definition) is 4. The highest BCUT2D eigenvalue weighted by Crippen LogP contribution is 2.23. The summed E-state index contributed by atoms with van der Waals surface area (Å²) in [6.45, 7) is 5.54. The lowest BCUT2D eigenvalue weighted by molar-refractivity contribution is 0.0791. The minimum atomic E-state index is -0.415. The second-order valence-corrected chi connectivity index (χ2v) is 7.45. The molecule has 1 aliphatic heterocycles. The second-order valence-electron chi connectivity index (χ2n) is 7.45. The fraction of sp³-hybridized carbons (Fsp3) is 0.304. The predicted octanol–water partition coefficient (Wildman–Crippen LogP) is 3.21. The number of anilines is 1. The summed E-state index contributed by atoms with van der Waals surface area (Å²) in [6.07, 6.45) is 2.04. The maximum Gasteiger partial charge on any atom is 0.276 e. The van der Waals surface area contributed by atoms with Crippen molar-refractivity contribution in [1.29, 1.82) is 0 Å². The quantitative estimate of drug-likeness (QED) is 0.724. The molecule has 2 heterocycles. The van der Waals surface area contributed by atoms with Crippen LogP contribution in [0.5, 0.6) is 0 Å². The van der Waals surface area contributed by atoms with Crippen LogP contribution in [0, 0.1) is 6.92 Å². The van der Waals surface area contributed by atoms with E-state index < -0.39 is 5.91 Å². The Morgan fingerprint density at radius 1 is 1.03 bits per heavy atom. The van der Waals surface area contributed by atoms with Crippen molar-refractivity contribution >= 4 is 28.3 Å². The molecule has 0 atom stereocenters. The topological polar surface area (TPSA) is 84.3 Å². The van der Waals surface area contributed by atoms with Gasteiger partial charge >= 0.3 is 0 Å². The van der Waals surface area contributed by atoms with Crippen molar-refractivity contribution < 1.29 is 9.59 Å². The van der Waals surface area contributed by atoms with E-state index in [1.165, 1.54) is 4.68 Å². The smallest absolute Gasteiger partial charge is 0.276 e. The third kappa shape index (κ3) is 3.47. The lowest BCUT2D eigenvalue weighted by Gasteiger charge is -2.18. The molecule has 3 aromatic rings. The Morgan fingerprint density at radius 3 is 2.43 bits per heavy atom. The summed E-state index contributed by atoms with van der Waals surface area (Å²) in [5.74, 6) is -0.425. The van der Waals surface area contributed by atoms with E-state index in [0.29, 0.717) is 28.6 Å². The van der Waals surface area contributed by atoms with E-state index in [4.69, 9.17) is 0 Å². The lowest BCUT2D eigenvalue weighted by atomic mass is 10.0. The summed E-state index contributed by atoms with van der Waals surface area (Å²) in [5.41, 5.74) is 1.83. The summed E-state index contributed by atoms with van der Waals surface area (Å²) in [6, 6.07) is 12.3. The van der Waals surface area contributed by atoms with Crippen molar-refractivity contribution in [2.75, 3.05) is 18.4 Å². The SMILES string of the molecule is CCn1nc(C(=O)Nc2cccc(C(=O)N3CCCC3)c2C)c2ccccc2c1=O. The van der Waals surface area contributed by atoms with Gasteiger partial charge in [0.05, 0.1) is 5.39 Å². The molecule has 7 nitrogen and oxygen atoms in total. The maximum atomic E-state index is 13.1. The predicted molar refractivity (Wildman–Crippen MR) is 116 cm³/mol. The monoisotopic (exact) mass is 404 g/mol. The van der Waals surface area contributed by atoms with Gasteiger partial charge in [-0.3, -0.25) is 14.4 Å². The third-order valence-electron chi connectivity index (χ3n) is 5.59. The number of nitrogens with zero attached hydrogens (tertiary/aromatic N) is 3. The molecule has 0 radical (unpaired) electrons. The Morgan fingerprint density at radius 2 is 1.73 bits per heavy atom. The minimum Gasteiger partial charge on any atom is -0.339 e. The second kappa shape index (κ2) is 8.10. The average Bonchev–Trinajstić information content (AvgIpc) is 3.30. The molecule has 2 aromatic carbocycles. The van der Waals surface area contributed by atoms with Crippen LogP contribution in [0.4, 0.5) is 5.69 Å². The Kier molecular flexibility index (Phi) is 5.35. The van der Waals surface area contributed by atoms with Crippen molar-refractivity contribution in [2.24, 2.45) is 0 Å². The van der Waals surface area contributed by atoms with E-state index in [1.54, 1.807) is 42.5 Å². The Balaban J connectivity index is 1.70. The van der Waals surface area contributed by atoms with Gasteiger partial charge in [0.2, 0.25) is 0 Å². The van der Waals surface area contributed by atoms with Crippen LogP contribution in [0.1, 0.15) is 46.2 Å². The number of benzene rings is 2. The number of rotatable bonds is 4. The van der Waals surface area contributed by atoms with Crippen molar-refractivity contribution in [3.8, 4) is 0 Å². The van der Waals surface area contributed by atoms with Gasteiger partial charge in [-0.05, 0) is 50.5 Å². The summed E-state index contributed by atoms with van der Waals surface area (Å²) in [4.78, 5) is 40.3. The normalized spacial score (nSPS) is 13.6. The number of amides is 2. The standard InChI is InChI=1S/C23H24N4O3/c1-3-27-23(30)18-10-5-4-9-17(18)20(25-27)21(28)24-19-12-8-11-16(15(19)2)22(29)26-13-6-7-14-26/h4-5,8-12H,3,6-7,13-14H2,1-2H3,(H,24,28). The molecule has 30 heavy (non-hydrogen) atoms. The Labute approximate surface area is 174 Å². The zero-order valence-electron chi connectivity index (χ0n) is 17.1. The zero-order valence-corrected chi connectivity index (χ0v) is 17.1. The molecule has 1 aromatic heterocycles. The molecule has 2 amide bonds. The van der Waals surface area contributed by atoms with E-state index in [0.717, 1.165) is 31.5 Å². The van der Waals surface area contributed by atoms with Crippen molar-refractivity contribution in [1.82, 2.24) is 14.7 Å². The molecule has 154 valence electrons. The molecule has 0 saturated carbocycles. The van der Waals surface area contributed by atoms with E-state index in [9.17, 15) is 14.4 Å². The van der Waals surface area contributed by atoms with E-state index in [-0.39, 0.29) is 17.2 Å². The zero-order chi connectivity index (χ0) is 21.3. The average molecular weight is 404 g/mol. The molecule has 1 N–H and O–H groups in total. The minimum absolute atomic E-state index is 0.00999. The highest BCUT2D eigenvalue weighted by Gasteiger charge is 2.23. The first-order chi connectivity index (χ1) is 14.5. The molecular weight excluding hydrogens is 380 g/mol. The van der Waals surface area contributed by atoms with E-state index in [2.05, 4.69) is 10.4 Å². The Bertz CT molecular complexity index is 1190. The van der Waals surface area contributed by atoms with Crippen LogP contribution >= 0.6 is 0 Å². The van der Waals surface area contributed by atoms with E-state index in [1.807, 2.05) is 18.7 Å². The molecule has 1 aliphatic rings. The molecule has 0 spiro atoms. The first kappa shape index (κ1) is 19.8. The molecule has 0 aliphatic carbocycles. The van der Waals surface area contributed by atoms with Gasteiger partial charge < -0.3 is 10.2 Å². The molecule has 0 bridgehead atoms. The summed E-state index contributed by atoms with van der Waals surface area (Å²) in [5, 5.41) is 8.13. The van der Waals surface area contributed by atoms with Crippen LogP contribution in [0.25, 0.3) is 10.8 Å². The molecular formula is C23H24N4O3. The number of aromatic nitrogens is 2. The highest BCUT2D eigenvalue weighted by molar-refractivity contribution is 6.11. The van der Waals surface area contributed by atoms with Gasteiger partial charge in [-0.15, -0.1) is 0 Å². The van der Waals surface area contributed by atoms with Gasteiger partial charge in [-0.1, -0.05) is 24.3 Å². The van der Waals surface area contributed by atoms with Crippen molar-refractivity contribution in [2.45, 2.75) is 33.2 Å². The molecule has 1 saturated heterocycles. The number of likely N-dealkylation sites (tertiary alicyclic amines) is 1. The number of fused-ring (bicyclic) bond motifs is 1. The number of hydrogen-bond donors (Lipinski definition) is 1. The van der Waals surface area contributed by atoms with Gasteiger partial charge in [-0.2, -0.15) is 5.10 Å². The van der Waals surface area contributed by atoms with Crippen LogP contribution in [0.15, 0.2) is 47.3 Å². The molecule has 4 rings (SSSR count). The van der Waals surface area contributed by atoms with Crippen LogP contribution in [0.2, 0.25) is 0 Å². The number of carbonyl (C=O) groups excluding carboxylic acids is 2. The number of aryl methyl sites for hydroxylation is 1.